The number of halogens is 1. The van der Waals surface area contributed by atoms with Crippen LogP contribution < -0.4 is 16.8 Å². The van der Waals surface area contributed by atoms with Crippen LogP contribution in [0.2, 0.25) is 0 Å². The molecule has 1 rings (SSSR count). The van der Waals surface area contributed by atoms with Crippen molar-refractivity contribution in [2.45, 2.75) is 12.5 Å². The molecule has 0 aromatic carbocycles. The Morgan fingerprint density at radius 1 is 1.67 bits per heavy atom. The zero-order valence-electron chi connectivity index (χ0n) is 7.57. The van der Waals surface area contributed by atoms with E-state index < -0.39 is 17.9 Å². The highest BCUT2D eigenvalue weighted by molar-refractivity contribution is 9.11. The highest BCUT2D eigenvalue weighted by Crippen LogP contribution is 2.23. The normalized spacial score (nSPS) is 12.1. The van der Waals surface area contributed by atoms with Crippen molar-refractivity contribution in [3.8, 4) is 0 Å². The Labute approximate surface area is 98.2 Å². The van der Waals surface area contributed by atoms with Crippen LogP contribution in [-0.2, 0) is 9.59 Å². The van der Waals surface area contributed by atoms with Gasteiger partial charge < -0.3 is 16.8 Å². The minimum Gasteiger partial charge on any atom is -0.370 e. The van der Waals surface area contributed by atoms with Gasteiger partial charge in [0.15, 0.2) is 5.13 Å². The third kappa shape index (κ3) is 3.94. The van der Waals surface area contributed by atoms with Gasteiger partial charge in [-0.3, -0.25) is 9.59 Å². The first-order valence-corrected chi connectivity index (χ1v) is 5.56. The summed E-state index contributed by atoms with van der Waals surface area (Å²) in [5.74, 6) is -1.09. The second kappa shape index (κ2) is 5.19. The molecular weight excluding hydrogens is 284 g/mol. The molecule has 0 saturated heterocycles. The van der Waals surface area contributed by atoms with Crippen LogP contribution in [0, 0.1) is 0 Å². The predicted molar refractivity (Wildman–Crippen MR) is 60.2 cm³/mol. The second-order valence-corrected chi connectivity index (χ2v) is 5.15. The molecular formula is C7H9BrN4O2S. The van der Waals surface area contributed by atoms with Crippen molar-refractivity contribution in [2.24, 2.45) is 11.5 Å². The second-order valence-electron chi connectivity index (χ2n) is 2.74. The lowest BCUT2D eigenvalue weighted by Gasteiger charge is -2.07. The summed E-state index contributed by atoms with van der Waals surface area (Å²) >= 11 is 4.45. The van der Waals surface area contributed by atoms with Gasteiger partial charge in [0.1, 0.15) is 0 Å². The van der Waals surface area contributed by atoms with Crippen molar-refractivity contribution < 1.29 is 9.59 Å². The Kier molecular flexibility index (Phi) is 4.18. The first-order chi connectivity index (χ1) is 6.99. The van der Waals surface area contributed by atoms with E-state index >= 15 is 0 Å². The summed E-state index contributed by atoms with van der Waals surface area (Å²) in [6.07, 6.45) is 1.37. The first kappa shape index (κ1) is 12.1. The Balaban J connectivity index is 2.52. The van der Waals surface area contributed by atoms with E-state index in [0.29, 0.717) is 5.13 Å². The molecule has 0 bridgehead atoms. The van der Waals surface area contributed by atoms with Crippen LogP contribution in [0.25, 0.3) is 0 Å². The molecule has 1 unspecified atom stereocenters. The molecule has 0 spiro atoms. The number of anilines is 1. The molecule has 1 atom stereocenters. The maximum Gasteiger partial charge on any atom is 0.243 e. The molecule has 0 aliphatic rings. The third-order valence-corrected chi connectivity index (χ3v) is 2.86. The number of aromatic nitrogens is 1. The lowest BCUT2D eigenvalue weighted by Crippen LogP contribution is -2.38. The van der Waals surface area contributed by atoms with Crippen molar-refractivity contribution in [1.82, 2.24) is 4.98 Å². The molecule has 1 aromatic rings. The van der Waals surface area contributed by atoms with Crippen molar-refractivity contribution >= 4 is 44.2 Å². The lowest BCUT2D eigenvalue weighted by molar-refractivity contribution is -0.123. The molecule has 15 heavy (non-hydrogen) atoms. The van der Waals surface area contributed by atoms with E-state index in [1.165, 1.54) is 11.3 Å². The van der Waals surface area contributed by atoms with Crippen LogP contribution >= 0.6 is 27.3 Å². The number of hydrogen-bond acceptors (Lipinski definition) is 5. The van der Waals surface area contributed by atoms with Crippen molar-refractivity contribution in [1.29, 1.82) is 0 Å². The number of carbonyl (C=O) groups excluding carboxylic acids is 2. The Bertz CT molecular complexity index is 381. The van der Waals surface area contributed by atoms with Crippen LogP contribution in [0.1, 0.15) is 6.42 Å². The van der Waals surface area contributed by atoms with Gasteiger partial charge >= 0.3 is 0 Å². The van der Waals surface area contributed by atoms with Gasteiger partial charge in [0, 0.05) is 0 Å². The Morgan fingerprint density at radius 2 is 2.33 bits per heavy atom. The minimum atomic E-state index is -0.940. The van der Waals surface area contributed by atoms with Crippen LogP contribution in [0.15, 0.2) is 9.98 Å². The number of nitrogens with two attached hydrogens (primary N) is 2. The molecule has 0 aliphatic heterocycles. The quantitative estimate of drug-likeness (QED) is 0.728. The van der Waals surface area contributed by atoms with Crippen molar-refractivity contribution in [3.05, 3.63) is 9.98 Å². The molecule has 5 N–H and O–H groups in total. The average Bonchev–Trinajstić information content (AvgIpc) is 2.50. The van der Waals surface area contributed by atoms with Gasteiger partial charge in [-0.15, -0.1) is 0 Å². The van der Waals surface area contributed by atoms with Crippen molar-refractivity contribution in [3.63, 3.8) is 0 Å². The number of hydrogen-bond donors (Lipinski definition) is 3. The van der Waals surface area contributed by atoms with Crippen LogP contribution in [0.4, 0.5) is 5.13 Å². The molecule has 0 aliphatic carbocycles. The fourth-order valence-corrected chi connectivity index (χ4v) is 1.93. The standard InChI is InChI=1S/C7H9BrN4O2S/c8-4-2-11-7(15-4)12-6(14)3(9)1-5(10)13/h2-3H,1,9H2,(H2,10,13)(H,11,12,14). The van der Waals surface area contributed by atoms with Crippen LogP contribution in [0.5, 0.6) is 0 Å². The molecule has 0 fully saturated rings. The third-order valence-electron chi connectivity index (χ3n) is 1.47. The predicted octanol–water partition coefficient (Wildman–Crippen LogP) is 0.0468. The Hall–Kier alpha value is -0.990. The summed E-state index contributed by atoms with van der Waals surface area (Å²) < 4.78 is 0.793. The zero-order chi connectivity index (χ0) is 11.4. The summed E-state index contributed by atoms with van der Waals surface area (Å²) in [6.45, 7) is 0. The van der Waals surface area contributed by atoms with Gasteiger partial charge in [0.2, 0.25) is 11.8 Å². The van der Waals surface area contributed by atoms with Gasteiger partial charge in [-0.05, 0) is 15.9 Å². The molecule has 0 saturated carbocycles. The topological polar surface area (TPSA) is 111 Å². The number of carbonyl (C=O) groups is 2. The Morgan fingerprint density at radius 3 is 2.80 bits per heavy atom. The lowest BCUT2D eigenvalue weighted by atomic mass is 10.2. The number of nitrogens with zero attached hydrogens (tertiary/aromatic N) is 1. The van der Waals surface area contributed by atoms with E-state index in [1.807, 2.05) is 0 Å². The number of rotatable bonds is 4. The zero-order valence-corrected chi connectivity index (χ0v) is 9.97. The maximum absolute atomic E-state index is 11.4. The van der Waals surface area contributed by atoms with Crippen LogP contribution in [0.3, 0.4) is 0 Å². The van der Waals surface area contributed by atoms with Gasteiger partial charge in [0.05, 0.1) is 22.4 Å². The van der Waals surface area contributed by atoms with E-state index in [1.54, 1.807) is 6.20 Å². The van der Waals surface area contributed by atoms with E-state index in [0.717, 1.165) is 3.79 Å². The molecule has 1 aromatic heterocycles. The van der Waals surface area contributed by atoms with Gasteiger partial charge in [-0.25, -0.2) is 4.98 Å². The number of thiazole rings is 1. The summed E-state index contributed by atoms with van der Waals surface area (Å²) in [4.78, 5) is 25.8. The first-order valence-electron chi connectivity index (χ1n) is 3.95. The number of primary amides is 1. The molecule has 6 nitrogen and oxygen atoms in total. The van der Waals surface area contributed by atoms with E-state index in [-0.39, 0.29) is 6.42 Å². The highest BCUT2D eigenvalue weighted by Gasteiger charge is 2.16. The molecule has 1 heterocycles. The SMILES string of the molecule is NC(=O)CC(N)C(=O)Nc1ncc(Br)s1. The fraction of sp³-hybridized carbons (Fsp3) is 0.286. The summed E-state index contributed by atoms with van der Waals surface area (Å²) in [5, 5.41) is 2.90. The van der Waals surface area contributed by atoms with Gasteiger partial charge in [0.25, 0.3) is 0 Å². The average molecular weight is 293 g/mol. The number of nitrogens with one attached hydrogen (secondary N) is 1. The highest BCUT2D eigenvalue weighted by atomic mass is 79.9. The van der Waals surface area contributed by atoms with E-state index in [4.69, 9.17) is 11.5 Å². The number of amides is 2. The molecule has 2 amide bonds. The van der Waals surface area contributed by atoms with Gasteiger partial charge in [-0.1, -0.05) is 11.3 Å². The fourth-order valence-electron chi connectivity index (χ4n) is 0.820. The summed E-state index contributed by atoms with van der Waals surface area (Å²) in [5.41, 5.74) is 10.3. The van der Waals surface area contributed by atoms with E-state index in [2.05, 4.69) is 26.2 Å². The monoisotopic (exact) mass is 292 g/mol. The largest absolute Gasteiger partial charge is 0.370 e. The minimum absolute atomic E-state index is 0.182. The summed E-state index contributed by atoms with van der Waals surface area (Å²) in [7, 11) is 0. The van der Waals surface area contributed by atoms with Gasteiger partial charge in [-0.2, -0.15) is 0 Å². The molecule has 8 heteroatoms. The maximum atomic E-state index is 11.4. The smallest absolute Gasteiger partial charge is 0.243 e. The summed E-state index contributed by atoms with van der Waals surface area (Å²) in [6, 6.07) is -0.940. The van der Waals surface area contributed by atoms with Crippen LogP contribution in [-0.4, -0.2) is 22.8 Å². The van der Waals surface area contributed by atoms with E-state index in [9.17, 15) is 9.59 Å². The molecule has 0 radical (unpaired) electrons. The molecule has 82 valence electrons. The van der Waals surface area contributed by atoms with Crippen molar-refractivity contribution in [2.75, 3.05) is 5.32 Å².